The molecule has 0 aromatic carbocycles. The predicted molar refractivity (Wildman–Crippen MR) is 66.9 cm³/mol. The number of carbonyl (C=O) groups excluding carboxylic acids is 4. The van der Waals surface area contributed by atoms with Crippen LogP contribution < -0.4 is 5.32 Å². The maximum Gasteiger partial charge on any atom is 0.334 e. The molecule has 0 radical (unpaired) electrons. The van der Waals surface area contributed by atoms with Crippen molar-refractivity contribution in [3.63, 3.8) is 0 Å². The highest BCUT2D eigenvalue weighted by atomic mass is 16.2. The second-order valence-corrected chi connectivity index (χ2v) is 4.58. The molecule has 1 rings (SSSR count). The van der Waals surface area contributed by atoms with Crippen LogP contribution in [-0.2, 0) is 14.4 Å². The molecule has 0 aromatic rings. The minimum absolute atomic E-state index is 0.0512. The van der Waals surface area contributed by atoms with Gasteiger partial charge in [-0.2, -0.15) is 0 Å². The molecule has 0 aliphatic carbocycles. The molecular weight excluding hydrogens is 250 g/mol. The predicted octanol–water partition coefficient (Wildman–Crippen LogP) is -0.265. The lowest BCUT2D eigenvalue weighted by Crippen LogP contribution is -2.41. The Kier molecular flexibility index (Phi) is 4.80. The number of hydrogen-bond donors (Lipinski definition) is 1. The molecule has 104 valence electrons. The van der Waals surface area contributed by atoms with Crippen LogP contribution >= 0.6 is 0 Å². The Morgan fingerprint density at radius 1 is 1.26 bits per heavy atom. The first kappa shape index (κ1) is 14.9. The summed E-state index contributed by atoms with van der Waals surface area (Å²) in [6, 6.07) is -0.738. The van der Waals surface area contributed by atoms with Gasteiger partial charge >= 0.3 is 17.8 Å². The van der Waals surface area contributed by atoms with Crippen LogP contribution in [0.25, 0.3) is 0 Å². The van der Waals surface area contributed by atoms with Crippen molar-refractivity contribution in [1.82, 2.24) is 15.1 Å². The minimum Gasteiger partial charge on any atom is -0.351 e. The molecule has 7 nitrogen and oxygen atoms in total. The monoisotopic (exact) mass is 267 g/mol. The van der Waals surface area contributed by atoms with Crippen molar-refractivity contribution in [3.8, 4) is 0 Å². The van der Waals surface area contributed by atoms with Gasteiger partial charge in [0, 0.05) is 13.1 Å². The Morgan fingerprint density at radius 3 is 2.37 bits per heavy atom. The van der Waals surface area contributed by atoms with Gasteiger partial charge in [0.15, 0.2) is 0 Å². The van der Waals surface area contributed by atoms with Gasteiger partial charge in [0.25, 0.3) is 0 Å². The fourth-order valence-corrected chi connectivity index (χ4v) is 1.60. The van der Waals surface area contributed by atoms with Crippen LogP contribution in [0.1, 0.15) is 13.8 Å². The van der Waals surface area contributed by atoms with Gasteiger partial charge in [-0.15, -0.1) is 6.58 Å². The lowest BCUT2D eigenvalue weighted by molar-refractivity contribution is -0.144. The average Bonchev–Trinajstić information content (AvgIpc) is 2.53. The van der Waals surface area contributed by atoms with Gasteiger partial charge in [-0.1, -0.05) is 19.9 Å². The van der Waals surface area contributed by atoms with Crippen molar-refractivity contribution in [2.45, 2.75) is 13.8 Å². The van der Waals surface area contributed by atoms with Crippen molar-refractivity contribution >= 4 is 23.8 Å². The van der Waals surface area contributed by atoms with Crippen molar-refractivity contribution in [3.05, 3.63) is 12.7 Å². The fraction of sp³-hybridized carbons (Fsp3) is 0.500. The normalized spacial score (nSPS) is 15.4. The number of urea groups is 1. The number of nitrogens with one attached hydrogen (secondary N) is 1. The molecule has 1 aliphatic heterocycles. The van der Waals surface area contributed by atoms with Crippen LogP contribution in [0.15, 0.2) is 12.7 Å². The van der Waals surface area contributed by atoms with Crippen LogP contribution in [-0.4, -0.2) is 53.2 Å². The zero-order valence-electron chi connectivity index (χ0n) is 11.0. The minimum atomic E-state index is -0.959. The molecule has 0 aromatic heterocycles. The number of nitrogens with zero attached hydrogens (tertiary/aromatic N) is 2. The summed E-state index contributed by atoms with van der Waals surface area (Å²) in [4.78, 5) is 48.1. The van der Waals surface area contributed by atoms with E-state index in [1.807, 2.05) is 13.8 Å². The third kappa shape index (κ3) is 3.40. The first-order valence-electron chi connectivity index (χ1n) is 5.93. The summed E-state index contributed by atoms with van der Waals surface area (Å²) in [6.45, 7) is 7.02. The standard InChI is InChI=1S/C12H17N3O4/c1-4-5-13-9(16)7-15-11(18)10(17)14(12(15)19)6-8(2)3/h4,8H,1,5-7H2,2-3H3,(H,13,16). The van der Waals surface area contributed by atoms with Crippen LogP contribution in [0, 0.1) is 5.92 Å². The number of hydrogen-bond acceptors (Lipinski definition) is 4. The zero-order valence-corrected chi connectivity index (χ0v) is 11.0. The molecule has 0 saturated carbocycles. The molecule has 0 atom stereocenters. The van der Waals surface area contributed by atoms with Gasteiger partial charge in [-0.3, -0.25) is 19.3 Å². The van der Waals surface area contributed by atoms with Gasteiger partial charge < -0.3 is 5.32 Å². The Morgan fingerprint density at radius 2 is 1.84 bits per heavy atom. The van der Waals surface area contributed by atoms with Crippen molar-refractivity contribution in [1.29, 1.82) is 0 Å². The molecule has 1 fully saturated rings. The van der Waals surface area contributed by atoms with Gasteiger partial charge in [0.05, 0.1) is 0 Å². The second-order valence-electron chi connectivity index (χ2n) is 4.58. The molecule has 0 spiro atoms. The topological polar surface area (TPSA) is 86.8 Å². The SMILES string of the molecule is C=CCNC(=O)CN1C(=O)C(=O)N(CC(C)C)C1=O. The van der Waals surface area contributed by atoms with E-state index in [1.165, 1.54) is 6.08 Å². The summed E-state index contributed by atoms with van der Waals surface area (Å²) in [5.41, 5.74) is 0. The summed E-state index contributed by atoms with van der Waals surface area (Å²) < 4.78 is 0. The number of carbonyl (C=O) groups is 4. The summed E-state index contributed by atoms with van der Waals surface area (Å²) >= 11 is 0. The number of imide groups is 2. The lowest BCUT2D eigenvalue weighted by atomic mass is 10.2. The van der Waals surface area contributed by atoms with Crippen LogP contribution in [0.2, 0.25) is 0 Å². The highest BCUT2D eigenvalue weighted by molar-refractivity contribution is 6.45. The molecule has 1 heterocycles. The summed E-state index contributed by atoms with van der Waals surface area (Å²) in [5.74, 6) is -2.30. The van der Waals surface area contributed by atoms with E-state index in [0.717, 1.165) is 4.90 Å². The van der Waals surface area contributed by atoms with Crippen LogP contribution in [0.3, 0.4) is 0 Å². The summed E-state index contributed by atoms with van der Waals surface area (Å²) in [6.07, 6.45) is 1.47. The maximum absolute atomic E-state index is 11.9. The van der Waals surface area contributed by atoms with E-state index < -0.39 is 30.3 Å². The van der Waals surface area contributed by atoms with Crippen molar-refractivity contribution < 1.29 is 19.2 Å². The average molecular weight is 267 g/mol. The molecule has 0 unspecified atom stereocenters. The summed E-state index contributed by atoms with van der Waals surface area (Å²) in [5, 5.41) is 2.44. The number of amides is 5. The maximum atomic E-state index is 11.9. The van der Waals surface area contributed by atoms with E-state index in [4.69, 9.17) is 0 Å². The molecule has 19 heavy (non-hydrogen) atoms. The Bertz CT molecular complexity index is 431. The highest BCUT2D eigenvalue weighted by Gasteiger charge is 2.45. The Balaban J connectivity index is 2.72. The zero-order chi connectivity index (χ0) is 14.6. The van der Waals surface area contributed by atoms with Crippen molar-refractivity contribution in [2.24, 2.45) is 5.92 Å². The quantitative estimate of drug-likeness (QED) is 0.408. The van der Waals surface area contributed by atoms with E-state index in [2.05, 4.69) is 11.9 Å². The number of rotatable bonds is 6. The Hall–Kier alpha value is -2.18. The van der Waals surface area contributed by atoms with Crippen LogP contribution in [0.4, 0.5) is 4.79 Å². The van der Waals surface area contributed by atoms with Gasteiger partial charge in [0.1, 0.15) is 6.54 Å². The van der Waals surface area contributed by atoms with E-state index in [9.17, 15) is 19.2 Å². The van der Waals surface area contributed by atoms with E-state index in [-0.39, 0.29) is 19.0 Å². The molecule has 1 N–H and O–H groups in total. The molecule has 5 amide bonds. The lowest BCUT2D eigenvalue weighted by Gasteiger charge is -2.16. The van der Waals surface area contributed by atoms with Gasteiger partial charge in [0.2, 0.25) is 5.91 Å². The third-order valence-corrected chi connectivity index (χ3v) is 2.43. The molecular formula is C12H17N3O4. The molecule has 1 saturated heterocycles. The molecule has 7 heteroatoms. The first-order chi connectivity index (χ1) is 8.88. The third-order valence-electron chi connectivity index (χ3n) is 2.43. The summed E-state index contributed by atoms with van der Waals surface area (Å²) in [7, 11) is 0. The Labute approximate surface area is 111 Å². The largest absolute Gasteiger partial charge is 0.351 e. The smallest absolute Gasteiger partial charge is 0.334 e. The van der Waals surface area contributed by atoms with Crippen LogP contribution in [0.5, 0.6) is 0 Å². The highest BCUT2D eigenvalue weighted by Crippen LogP contribution is 2.13. The first-order valence-corrected chi connectivity index (χ1v) is 5.93. The van der Waals surface area contributed by atoms with E-state index in [0.29, 0.717) is 4.90 Å². The van der Waals surface area contributed by atoms with Gasteiger partial charge in [-0.25, -0.2) is 9.69 Å². The second kappa shape index (κ2) is 6.12. The van der Waals surface area contributed by atoms with E-state index >= 15 is 0 Å². The fourth-order valence-electron chi connectivity index (χ4n) is 1.60. The molecule has 1 aliphatic rings. The van der Waals surface area contributed by atoms with Gasteiger partial charge in [-0.05, 0) is 5.92 Å². The molecule has 0 bridgehead atoms. The van der Waals surface area contributed by atoms with E-state index in [1.54, 1.807) is 0 Å². The van der Waals surface area contributed by atoms with Crippen molar-refractivity contribution in [2.75, 3.05) is 19.6 Å².